The number of hydrogen-bond acceptors (Lipinski definition) is 3. The van der Waals surface area contributed by atoms with E-state index in [1.54, 1.807) is 42.5 Å². The van der Waals surface area contributed by atoms with Crippen molar-refractivity contribution >= 4 is 50.2 Å². The number of carbonyl (C=O) groups excluding carboxylic acids is 1. The third-order valence-electron chi connectivity index (χ3n) is 3.91. The minimum absolute atomic E-state index is 0.213. The van der Waals surface area contributed by atoms with Gasteiger partial charge in [0.05, 0.1) is 10.6 Å². The molecule has 0 bridgehead atoms. The first-order valence-electron chi connectivity index (χ1n) is 7.92. The second kappa shape index (κ2) is 7.13. The van der Waals surface area contributed by atoms with Crippen molar-refractivity contribution in [1.82, 2.24) is 4.98 Å². The van der Waals surface area contributed by atoms with Crippen molar-refractivity contribution in [3.05, 3.63) is 81.5 Å². The summed E-state index contributed by atoms with van der Waals surface area (Å²) in [5.74, 6) is -0.378. The average Bonchev–Trinajstić information content (AvgIpc) is 3.05. The number of benzene rings is 3. The van der Waals surface area contributed by atoms with Crippen LogP contribution in [0.4, 0.5) is 10.1 Å². The molecule has 0 radical (unpaired) electrons. The summed E-state index contributed by atoms with van der Waals surface area (Å²) in [5.41, 5.74) is 2.71. The van der Waals surface area contributed by atoms with E-state index < -0.39 is 5.82 Å². The molecule has 0 atom stereocenters. The monoisotopic (exact) mass is 444 g/mol. The Morgan fingerprint density at radius 2 is 1.85 bits per heavy atom. The number of amides is 1. The largest absolute Gasteiger partial charge is 0.436 e. The van der Waals surface area contributed by atoms with Crippen LogP contribution in [0.3, 0.4) is 0 Å². The number of rotatable bonds is 3. The standard InChI is InChI=1S/C20H11BrClFN2O2/c21-12-3-1-11(2-4-12)19(26)24-14-6-8-18-17(10-14)25-20(27-18)15-7-5-13(23)9-16(15)22/h1-10H,(H,24,26). The summed E-state index contributed by atoms with van der Waals surface area (Å²) < 4.78 is 19.8. The second-order valence-corrected chi connectivity index (χ2v) is 7.11. The minimum atomic E-state index is -0.433. The summed E-state index contributed by atoms with van der Waals surface area (Å²) in [4.78, 5) is 16.7. The predicted octanol–water partition coefficient (Wildman–Crippen LogP) is 6.30. The highest BCUT2D eigenvalue weighted by Gasteiger charge is 2.13. The molecule has 0 fully saturated rings. The maximum atomic E-state index is 13.2. The number of anilines is 1. The zero-order chi connectivity index (χ0) is 19.0. The SMILES string of the molecule is O=C(Nc1ccc2oc(-c3ccc(F)cc3Cl)nc2c1)c1ccc(Br)cc1. The fourth-order valence-corrected chi connectivity index (χ4v) is 3.10. The van der Waals surface area contributed by atoms with Crippen LogP contribution in [-0.4, -0.2) is 10.9 Å². The quantitative estimate of drug-likeness (QED) is 0.402. The van der Waals surface area contributed by atoms with Crippen LogP contribution in [0.25, 0.3) is 22.6 Å². The van der Waals surface area contributed by atoms with Gasteiger partial charge in [0, 0.05) is 15.7 Å². The van der Waals surface area contributed by atoms with E-state index in [9.17, 15) is 9.18 Å². The maximum absolute atomic E-state index is 13.2. The van der Waals surface area contributed by atoms with Gasteiger partial charge >= 0.3 is 0 Å². The van der Waals surface area contributed by atoms with Crippen LogP contribution < -0.4 is 5.32 Å². The van der Waals surface area contributed by atoms with E-state index in [1.165, 1.54) is 18.2 Å². The lowest BCUT2D eigenvalue weighted by Crippen LogP contribution is -2.11. The Hall–Kier alpha value is -2.70. The number of oxazole rings is 1. The minimum Gasteiger partial charge on any atom is -0.436 e. The highest BCUT2D eigenvalue weighted by Crippen LogP contribution is 2.31. The molecule has 7 heteroatoms. The number of nitrogens with one attached hydrogen (secondary N) is 1. The fraction of sp³-hybridized carbons (Fsp3) is 0. The lowest BCUT2D eigenvalue weighted by Gasteiger charge is -2.05. The highest BCUT2D eigenvalue weighted by atomic mass is 79.9. The number of halogens is 3. The summed E-state index contributed by atoms with van der Waals surface area (Å²) >= 11 is 9.41. The van der Waals surface area contributed by atoms with Gasteiger partial charge in [-0.15, -0.1) is 0 Å². The summed E-state index contributed by atoms with van der Waals surface area (Å²) in [6.45, 7) is 0. The average molecular weight is 446 g/mol. The summed E-state index contributed by atoms with van der Waals surface area (Å²) in [6.07, 6.45) is 0. The summed E-state index contributed by atoms with van der Waals surface area (Å²) in [7, 11) is 0. The van der Waals surface area contributed by atoms with Gasteiger partial charge in [0.1, 0.15) is 11.3 Å². The lowest BCUT2D eigenvalue weighted by atomic mass is 10.2. The van der Waals surface area contributed by atoms with E-state index >= 15 is 0 Å². The molecule has 4 rings (SSSR count). The molecule has 4 aromatic rings. The molecule has 27 heavy (non-hydrogen) atoms. The molecule has 3 aromatic carbocycles. The Kier molecular flexibility index (Phi) is 4.68. The van der Waals surface area contributed by atoms with E-state index in [-0.39, 0.29) is 16.8 Å². The zero-order valence-corrected chi connectivity index (χ0v) is 16.0. The Balaban J connectivity index is 1.62. The van der Waals surface area contributed by atoms with Crippen molar-refractivity contribution in [3.8, 4) is 11.5 Å². The summed E-state index contributed by atoms with van der Waals surface area (Å²) in [5, 5.41) is 3.04. The first-order chi connectivity index (χ1) is 13.0. The molecule has 0 spiro atoms. The molecule has 0 aliphatic heterocycles. The Bertz CT molecular complexity index is 1160. The van der Waals surface area contributed by atoms with Gasteiger partial charge in [0.15, 0.2) is 5.58 Å². The Morgan fingerprint density at radius 3 is 2.59 bits per heavy atom. The summed E-state index contributed by atoms with van der Waals surface area (Å²) in [6, 6.07) is 16.2. The van der Waals surface area contributed by atoms with E-state index in [2.05, 4.69) is 26.2 Å². The molecule has 1 aromatic heterocycles. The van der Waals surface area contributed by atoms with Gasteiger partial charge in [0.2, 0.25) is 5.89 Å². The van der Waals surface area contributed by atoms with Crippen molar-refractivity contribution in [2.45, 2.75) is 0 Å². The van der Waals surface area contributed by atoms with E-state index in [0.717, 1.165) is 4.47 Å². The van der Waals surface area contributed by atoms with Crippen molar-refractivity contribution < 1.29 is 13.6 Å². The van der Waals surface area contributed by atoms with Crippen LogP contribution in [0.5, 0.6) is 0 Å². The molecule has 134 valence electrons. The van der Waals surface area contributed by atoms with Crippen molar-refractivity contribution in [3.63, 3.8) is 0 Å². The number of aromatic nitrogens is 1. The van der Waals surface area contributed by atoms with Gasteiger partial charge in [-0.2, -0.15) is 0 Å². The van der Waals surface area contributed by atoms with Crippen LogP contribution in [0.15, 0.2) is 69.6 Å². The molecular weight excluding hydrogens is 435 g/mol. The predicted molar refractivity (Wildman–Crippen MR) is 107 cm³/mol. The fourth-order valence-electron chi connectivity index (χ4n) is 2.59. The number of hydrogen-bond donors (Lipinski definition) is 1. The van der Waals surface area contributed by atoms with Gasteiger partial charge in [-0.25, -0.2) is 9.37 Å². The number of carbonyl (C=O) groups is 1. The molecule has 1 N–H and O–H groups in total. The topological polar surface area (TPSA) is 55.1 Å². The second-order valence-electron chi connectivity index (χ2n) is 5.79. The molecule has 1 heterocycles. The van der Waals surface area contributed by atoms with Gasteiger partial charge < -0.3 is 9.73 Å². The van der Waals surface area contributed by atoms with E-state index in [1.807, 2.05) is 0 Å². The van der Waals surface area contributed by atoms with Gasteiger partial charge in [-0.05, 0) is 60.7 Å². The first-order valence-corrected chi connectivity index (χ1v) is 9.09. The van der Waals surface area contributed by atoms with Crippen LogP contribution in [0.2, 0.25) is 5.02 Å². The molecular formula is C20H11BrClFN2O2. The van der Waals surface area contributed by atoms with E-state index in [4.69, 9.17) is 16.0 Å². The molecule has 0 aliphatic rings. The van der Waals surface area contributed by atoms with Gasteiger partial charge in [-0.3, -0.25) is 4.79 Å². The lowest BCUT2D eigenvalue weighted by molar-refractivity contribution is 0.102. The van der Waals surface area contributed by atoms with Gasteiger partial charge in [-0.1, -0.05) is 27.5 Å². The molecule has 4 nitrogen and oxygen atoms in total. The Labute approximate surface area is 167 Å². The highest BCUT2D eigenvalue weighted by molar-refractivity contribution is 9.10. The van der Waals surface area contributed by atoms with Crippen LogP contribution in [0, 0.1) is 5.82 Å². The molecule has 0 unspecified atom stereocenters. The van der Waals surface area contributed by atoms with Crippen LogP contribution in [0.1, 0.15) is 10.4 Å². The van der Waals surface area contributed by atoms with Crippen LogP contribution in [-0.2, 0) is 0 Å². The van der Waals surface area contributed by atoms with Crippen molar-refractivity contribution in [2.24, 2.45) is 0 Å². The van der Waals surface area contributed by atoms with Crippen molar-refractivity contribution in [1.29, 1.82) is 0 Å². The van der Waals surface area contributed by atoms with Crippen LogP contribution >= 0.6 is 27.5 Å². The van der Waals surface area contributed by atoms with Gasteiger partial charge in [0.25, 0.3) is 5.91 Å². The van der Waals surface area contributed by atoms with Crippen molar-refractivity contribution in [2.75, 3.05) is 5.32 Å². The molecule has 0 aliphatic carbocycles. The number of fused-ring (bicyclic) bond motifs is 1. The zero-order valence-electron chi connectivity index (χ0n) is 13.7. The normalized spacial score (nSPS) is 10.9. The molecule has 1 amide bonds. The third kappa shape index (κ3) is 3.72. The first kappa shape index (κ1) is 17.7. The Morgan fingerprint density at radius 1 is 1.07 bits per heavy atom. The van der Waals surface area contributed by atoms with E-state index in [0.29, 0.717) is 27.9 Å². The third-order valence-corrected chi connectivity index (χ3v) is 4.75. The maximum Gasteiger partial charge on any atom is 0.255 e. The number of nitrogens with zero attached hydrogens (tertiary/aromatic N) is 1. The smallest absolute Gasteiger partial charge is 0.255 e. The molecule has 0 saturated carbocycles. The molecule has 0 saturated heterocycles.